The van der Waals surface area contributed by atoms with E-state index in [1.165, 1.54) is 5.56 Å². The molecular formula is C18H18N3OSe+. The number of pyridine rings is 1. The molecule has 4 nitrogen and oxygen atoms in total. The molecule has 0 saturated carbocycles. The number of hydrogen-bond acceptors (Lipinski definition) is 2. The van der Waals surface area contributed by atoms with Crippen molar-refractivity contribution in [3.05, 3.63) is 71.1 Å². The molecule has 2 heterocycles. The Labute approximate surface area is 141 Å². The van der Waals surface area contributed by atoms with Crippen LogP contribution in [-0.4, -0.2) is 25.4 Å². The average Bonchev–Trinajstić information content (AvgIpc) is 2.96. The van der Waals surface area contributed by atoms with E-state index < -0.39 is 0 Å². The number of para-hydroxylation sites is 1. The number of benzene rings is 1. The van der Waals surface area contributed by atoms with Crippen molar-refractivity contribution >= 4 is 30.8 Å². The third-order valence-corrected chi connectivity index (χ3v) is 5.25. The van der Waals surface area contributed by atoms with Crippen molar-refractivity contribution in [1.82, 2.24) is 4.98 Å². The van der Waals surface area contributed by atoms with Crippen LogP contribution in [0.15, 0.2) is 59.8 Å². The maximum atomic E-state index is 12.1. The number of carbonyl (C=O) groups is 1. The third-order valence-electron chi connectivity index (χ3n) is 3.41. The molecule has 0 aliphatic heterocycles. The first kappa shape index (κ1) is 15.7. The van der Waals surface area contributed by atoms with Crippen LogP contribution in [0.3, 0.4) is 0 Å². The zero-order valence-corrected chi connectivity index (χ0v) is 14.9. The summed E-state index contributed by atoms with van der Waals surface area (Å²) in [6.45, 7) is 4.39. The van der Waals surface area contributed by atoms with E-state index in [-0.39, 0.29) is 20.4 Å². The fourth-order valence-corrected chi connectivity index (χ4v) is 4.26. The zero-order chi connectivity index (χ0) is 16.2. The van der Waals surface area contributed by atoms with Crippen LogP contribution >= 0.6 is 0 Å². The molecule has 1 amide bonds. The molecule has 0 radical (unpaired) electrons. The van der Waals surface area contributed by atoms with E-state index in [1.807, 2.05) is 42.6 Å². The van der Waals surface area contributed by atoms with Gasteiger partial charge in [0, 0.05) is 0 Å². The normalized spacial score (nSPS) is 10.5. The molecule has 2 aromatic heterocycles. The number of rotatable bonds is 4. The summed E-state index contributed by atoms with van der Waals surface area (Å²) in [4.78, 5) is 20.6. The van der Waals surface area contributed by atoms with Crippen molar-refractivity contribution in [1.29, 1.82) is 0 Å². The minimum atomic E-state index is -0.00492. The van der Waals surface area contributed by atoms with Crippen LogP contribution in [0.4, 0.5) is 10.4 Å². The first-order chi connectivity index (χ1) is 11.1. The second kappa shape index (κ2) is 6.90. The number of hydrogen-bond donors (Lipinski definition) is 0. The first-order valence-electron chi connectivity index (χ1n) is 7.39. The Morgan fingerprint density at radius 3 is 2.70 bits per heavy atom. The van der Waals surface area contributed by atoms with Gasteiger partial charge in [-0.3, -0.25) is 0 Å². The van der Waals surface area contributed by atoms with E-state index in [4.69, 9.17) is 4.98 Å². The van der Waals surface area contributed by atoms with Crippen LogP contribution in [0.5, 0.6) is 0 Å². The molecule has 3 rings (SSSR count). The number of aryl methyl sites for hydroxylation is 1. The molecule has 116 valence electrons. The molecule has 1 aromatic carbocycles. The molecule has 0 unspecified atom stereocenters. The van der Waals surface area contributed by atoms with E-state index in [0.29, 0.717) is 0 Å². The predicted octanol–water partition coefficient (Wildman–Crippen LogP) is 2.47. The van der Waals surface area contributed by atoms with Crippen molar-refractivity contribution in [2.45, 2.75) is 20.4 Å². The molecule has 0 aliphatic rings. The van der Waals surface area contributed by atoms with Gasteiger partial charge in [-0.1, -0.05) is 0 Å². The van der Waals surface area contributed by atoms with Crippen LogP contribution in [0, 0.1) is 6.92 Å². The maximum absolute atomic E-state index is 12.1. The van der Waals surface area contributed by atoms with Gasteiger partial charge in [-0.05, 0) is 0 Å². The summed E-state index contributed by atoms with van der Waals surface area (Å²) in [6.07, 6.45) is 4.13. The number of amides is 1. The summed E-state index contributed by atoms with van der Waals surface area (Å²) < 4.78 is 2.96. The van der Waals surface area contributed by atoms with Gasteiger partial charge in [0.25, 0.3) is 0 Å². The molecule has 0 spiro atoms. The molecule has 5 heteroatoms. The van der Waals surface area contributed by atoms with Gasteiger partial charge in [0.05, 0.1) is 0 Å². The Hall–Kier alpha value is -2.23. The van der Waals surface area contributed by atoms with Gasteiger partial charge >= 0.3 is 141 Å². The zero-order valence-electron chi connectivity index (χ0n) is 13.1. The SMILES string of the molecule is CC(=O)N(c1ccccc1)c1nc(C[n+]2cccc(C)c2)c[se]1. The van der Waals surface area contributed by atoms with Crippen LogP contribution in [0.1, 0.15) is 18.2 Å². The van der Waals surface area contributed by atoms with Crippen molar-refractivity contribution in [3.63, 3.8) is 0 Å². The van der Waals surface area contributed by atoms with Gasteiger partial charge in [-0.25, -0.2) is 0 Å². The second-order valence-electron chi connectivity index (χ2n) is 5.37. The Bertz CT molecular complexity index is 814. The van der Waals surface area contributed by atoms with E-state index in [0.717, 1.165) is 22.6 Å². The van der Waals surface area contributed by atoms with Gasteiger partial charge in [-0.2, -0.15) is 0 Å². The van der Waals surface area contributed by atoms with Crippen LogP contribution in [0.2, 0.25) is 0 Å². The average molecular weight is 371 g/mol. The van der Waals surface area contributed by atoms with Gasteiger partial charge in [-0.15, -0.1) is 0 Å². The summed E-state index contributed by atoms with van der Waals surface area (Å²) in [6, 6.07) is 13.8. The fraction of sp³-hybridized carbons (Fsp3) is 0.167. The molecule has 0 fully saturated rings. The Kier molecular flexibility index (Phi) is 4.70. The molecule has 0 atom stereocenters. The van der Waals surface area contributed by atoms with Crippen molar-refractivity contribution in [2.75, 3.05) is 4.90 Å². The van der Waals surface area contributed by atoms with E-state index >= 15 is 0 Å². The van der Waals surface area contributed by atoms with Gasteiger partial charge in [0.15, 0.2) is 0 Å². The van der Waals surface area contributed by atoms with E-state index in [1.54, 1.807) is 11.8 Å². The van der Waals surface area contributed by atoms with Gasteiger partial charge in [0.1, 0.15) is 0 Å². The fourth-order valence-electron chi connectivity index (χ4n) is 2.41. The molecular weight excluding hydrogens is 353 g/mol. The van der Waals surface area contributed by atoms with E-state index in [9.17, 15) is 4.79 Å². The molecule has 0 bridgehead atoms. The standard InChI is InChI=1S/C18H18N3OSe/c1-14-7-6-10-20(11-14)12-16-13-23-18(19-16)21(15(2)22)17-8-4-3-5-9-17/h3-11,13H,12H2,1-2H3/q+1. The summed E-state index contributed by atoms with van der Waals surface area (Å²) >= 11 is 0.0707. The van der Waals surface area contributed by atoms with Crippen LogP contribution in [0.25, 0.3) is 0 Å². The summed E-state index contributed by atoms with van der Waals surface area (Å²) in [5, 5.41) is 0. The number of anilines is 2. The third kappa shape index (κ3) is 3.76. The number of aromatic nitrogens is 2. The molecule has 23 heavy (non-hydrogen) atoms. The topological polar surface area (TPSA) is 37.1 Å². The number of nitrogens with zero attached hydrogens (tertiary/aromatic N) is 3. The second-order valence-corrected chi connectivity index (χ2v) is 7.12. The molecule has 3 aromatic rings. The van der Waals surface area contributed by atoms with Crippen molar-refractivity contribution in [3.8, 4) is 0 Å². The van der Waals surface area contributed by atoms with Crippen LogP contribution in [-0.2, 0) is 11.3 Å². The monoisotopic (exact) mass is 372 g/mol. The predicted molar refractivity (Wildman–Crippen MR) is 90.9 cm³/mol. The van der Waals surface area contributed by atoms with Crippen molar-refractivity contribution < 1.29 is 9.36 Å². The quantitative estimate of drug-likeness (QED) is 0.522. The summed E-state index contributed by atoms with van der Waals surface area (Å²) in [5.41, 5.74) is 3.10. The van der Waals surface area contributed by atoms with Crippen LogP contribution < -0.4 is 9.47 Å². The first-order valence-corrected chi connectivity index (χ1v) is 9.24. The molecule has 0 N–H and O–H groups in total. The van der Waals surface area contributed by atoms with Gasteiger partial charge < -0.3 is 0 Å². The Balaban J connectivity index is 1.86. The molecule has 0 aliphatic carbocycles. The number of carbonyl (C=O) groups excluding carboxylic acids is 1. The Morgan fingerprint density at radius 2 is 2.00 bits per heavy atom. The van der Waals surface area contributed by atoms with Gasteiger partial charge in [0.2, 0.25) is 0 Å². The summed E-state index contributed by atoms with van der Waals surface area (Å²) in [7, 11) is 0. The summed E-state index contributed by atoms with van der Waals surface area (Å²) in [5.74, 6) is -0.00492. The van der Waals surface area contributed by atoms with E-state index in [2.05, 4.69) is 28.7 Å². The minimum absolute atomic E-state index is 0.00492. The van der Waals surface area contributed by atoms with Crippen molar-refractivity contribution in [2.24, 2.45) is 0 Å². The Morgan fingerprint density at radius 1 is 1.22 bits per heavy atom. The molecule has 0 saturated heterocycles.